The highest BCUT2D eigenvalue weighted by Crippen LogP contribution is 2.10. The van der Waals surface area contributed by atoms with Crippen LogP contribution in [0.4, 0.5) is 4.79 Å². The maximum atomic E-state index is 11.9. The van der Waals surface area contributed by atoms with E-state index in [0.717, 1.165) is 0 Å². The number of alkyl carbamates (subject to hydrolysis) is 1. The molecule has 0 bridgehead atoms. The highest BCUT2D eigenvalue weighted by atomic mass is 16.6. The molecule has 19 heavy (non-hydrogen) atoms. The molecule has 0 fully saturated rings. The number of ketones is 1. The second-order valence-corrected chi connectivity index (χ2v) is 5.39. The van der Waals surface area contributed by atoms with Gasteiger partial charge in [-0.15, -0.1) is 0 Å². The average molecular weight is 267 g/mol. The van der Waals surface area contributed by atoms with Gasteiger partial charge in [-0.25, -0.2) is 4.79 Å². The van der Waals surface area contributed by atoms with E-state index in [9.17, 15) is 9.59 Å². The topological polar surface area (TPSA) is 68.5 Å². The van der Waals surface area contributed by atoms with Gasteiger partial charge in [-0.3, -0.25) is 4.79 Å². The molecule has 1 aromatic heterocycles. The third-order valence-electron chi connectivity index (χ3n) is 2.49. The van der Waals surface area contributed by atoms with E-state index in [-0.39, 0.29) is 18.2 Å². The Morgan fingerprint density at radius 3 is 2.58 bits per heavy atom. The Hall–Kier alpha value is -1.78. The summed E-state index contributed by atoms with van der Waals surface area (Å²) >= 11 is 0. The zero-order valence-corrected chi connectivity index (χ0v) is 11.9. The van der Waals surface area contributed by atoms with Gasteiger partial charge in [0.15, 0.2) is 5.78 Å². The summed E-state index contributed by atoms with van der Waals surface area (Å²) in [6.45, 7) is 7.29. The van der Waals surface area contributed by atoms with E-state index in [2.05, 4.69) is 5.32 Å². The van der Waals surface area contributed by atoms with Crippen LogP contribution < -0.4 is 5.32 Å². The van der Waals surface area contributed by atoms with Gasteiger partial charge in [-0.05, 0) is 33.3 Å². The highest BCUT2D eigenvalue weighted by Gasteiger charge is 2.21. The fourth-order valence-electron chi connectivity index (χ4n) is 1.54. The molecule has 1 amide bonds. The molecule has 5 nitrogen and oxygen atoms in total. The second kappa shape index (κ2) is 6.41. The van der Waals surface area contributed by atoms with Crippen LogP contribution in [-0.2, 0) is 4.74 Å². The number of amides is 1. The van der Waals surface area contributed by atoms with Crippen molar-refractivity contribution < 1.29 is 18.7 Å². The summed E-state index contributed by atoms with van der Waals surface area (Å²) in [7, 11) is 0. The van der Waals surface area contributed by atoms with E-state index in [1.807, 2.05) is 6.92 Å². The van der Waals surface area contributed by atoms with Crippen molar-refractivity contribution in [3.8, 4) is 0 Å². The van der Waals surface area contributed by atoms with E-state index < -0.39 is 11.7 Å². The minimum absolute atomic E-state index is 0.0586. The molecule has 0 spiro atoms. The lowest BCUT2D eigenvalue weighted by Gasteiger charge is -2.22. The molecule has 106 valence electrons. The molecule has 1 unspecified atom stereocenters. The zero-order valence-electron chi connectivity index (χ0n) is 11.9. The van der Waals surface area contributed by atoms with Gasteiger partial charge < -0.3 is 14.5 Å². The smallest absolute Gasteiger partial charge is 0.407 e. The number of Topliss-reactive ketones (excluding diaryl/α,β-unsaturated/α-hetero) is 1. The third-order valence-corrected chi connectivity index (χ3v) is 2.49. The summed E-state index contributed by atoms with van der Waals surface area (Å²) in [6, 6.07) is 1.37. The fraction of sp³-hybridized carbons (Fsp3) is 0.571. The van der Waals surface area contributed by atoms with Gasteiger partial charge in [0.25, 0.3) is 0 Å². The van der Waals surface area contributed by atoms with E-state index in [4.69, 9.17) is 9.15 Å². The van der Waals surface area contributed by atoms with Gasteiger partial charge in [0, 0.05) is 12.5 Å². The minimum Gasteiger partial charge on any atom is -0.472 e. The first-order chi connectivity index (χ1) is 8.81. The molecule has 5 heteroatoms. The van der Waals surface area contributed by atoms with Gasteiger partial charge >= 0.3 is 6.09 Å². The molecule has 0 aliphatic carbocycles. The average Bonchev–Trinajstić information content (AvgIpc) is 2.78. The minimum atomic E-state index is -0.545. The molecule has 1 N–H and O–H groups in total. The third kappa shape index (κ3) is 5.59. The standard InChI is InChI=1S/C14H21NO4/c1-5-11(15-13(17)19-14(2,3)4)8-12(16)10-6-7-18-9-10/h6-7,9,11H,5,8H2,1-4H3,(H,15,17). The lowest BCUT2D eigenvalue weighted by molar-refractivity contribution is 0.0500. The van der Waals surface area contributed by atoms with Crippen molar-refractivity contribution in [1.82, 2.24) is 5.32 Å². The Morgan fingerprint density at radius 1 is 1.42 bits per heavy atom. The lowest BCUT2D eigenvalue weighted by Crippen LogP contribution is -2.39. The van der Waals surface area contributed by atoms with Crippen molar-refractivity contribution in [3.05, 3.63) is 24.2 Å². The number of rotatable bonds is 5. The van der Waals surface area contributed by atoms with Crippen LogP contribution >= 0.6 is 0 Å². The first-order valence-corrected chi connectivity index (χ1v) is 6.36. The Kier molecular flexibility index (Phi) is 5.15. The highest BCUT2D eigenvalue weighted by molar-refractivity contribution is 5.96. The molecule has 0 saturated carbocycles. The van der Waals surface area contributed by atoms with Gasteiger partial charge in [0.2, 0.25) is 0 Å². The number of carbonyl (C=O) groups excluding carboxylic acids is 2. The number of hydrogen-bond donors (Lipinski definition) is 1. The van der Waals surface area contributed by atoms with E-state index in [0.29, 0.717) is 12.0 Å². The molecular formula is C14H21NO4. The van der Waals surface area contributed by atoms with Crippen molar-refractivity contribution >= 4 is 11.9 Å². The first kappa shape index (κ1) is 15.3. The fourth-order valence-corrected chi connectivity index (χ4v) is 1.54. The number of hydrogen-bond acceptors (Lipinski definition) is 4. The van der Waals surface area contributed by atoms with E-state index in [1.165, 1.54) is 12.5 Å². The van der Waals surface area contributed by atoms with E-state index in [1.54, 1.807) is 26.8 Å². The van der Waals surface area contributed by atoms with Crippen LogP contribution in [0.3, 0.4) is 0 Å². The molecule has 1 aromatic rings. The number of nitrogens with one attached hydrogen (secondary N) is 1. The first-order valence-electron chi connectivity index (χ1n) is 6.36. The second-order valence-electron chi connectivity index (χ2n) is 5.39. The number of ether oxygens (including phenoxy) is 1. The van der Waals surface area contributed by atoms with Crippen LogP contribution in [0.2, 0.25) is 0 Å². The van der Waals surface area contributed by atoms with Gasteiger partial charge in [0.1, 0.15) is 11.9 Å². The number of furan rings is 1. The molecule has 0 saturated heterocycles. The molecule has 1 heterocycles. The molecule has 1 rings (SSSR count). The molecule has 0 radical (unpaired) electrons. The van der Waals surface area contributed by atoms with Crippen LogP contribution in [-0.4, -0.2) is 23.5 Å². The Morgan fingerprint density at radius 2 is 2.11 bits per heavy atom. The van der Waals surface area contributed by atoms with Crippen LogP contribution in [0.25, 0.3) is 0 Å². The SMILES string of the molecule is CCC(CC(=O)c1ccoc1)NC(=O)OC(C)(C)C. The van der Waals surface area contributed by atoms with Crippen molar-refractivity contribution in [2.45, 2.75) is 52.2 Å². The van der Waals surface area contributed by atoms with Crippen LogP contribution in [0, 0.1) is 0 Å². The summed E-state index contributed by atoms with van der Waals surface area (Å²) in [4.78, 5) is 23.5. The molecule has 0 aliphatic heterocycles. The summed E-state index contributed by atoms with van der Waals surface area (Å²) in [5.74, 6) is -0.0586. The molecule has 0 aliphatic rings. The van der Waals surface area contributed by atoms with Gasteiger partial charge in [-0.2, -0.15) is 0 Å². The summed E-state index contributed by atoms with van der Waals surface area (Å²) in [5.41, 5.74) is -0.0267. The largest absolute Gasteiger partial charge is 0.472 e. The quantitative estimate of drug-likeness (QED) is 0.832. The molecular weight excluding hydrogens is 246 g/mol. The summed E-state index contributed by atoms with van der Waals surface area (Å²) < 4.78 is 10.0. The maximum absolute atomic E-state index is 11.9. The van der Waals surface area contributed by atoms with Crippen LogP contribution in [0.1, 0.15) is 50.9 Å². The van der Waals surface area contributed by atoms with Crippen molar-refractivity contribution in [2.75, 3.05) is 0 Å². The zero-order chi connectivity index (χ0) is 14.5. The Labute approximate surface area is 113 Å². The summed E-state index contributed by atoms with van der Waals surface area (Å²) in [5, 5.41) is 2.70. The van der Waals surface area contributed by atoms with Crippen molar-refractivity contribution in [2.24, 2.45) is 0 Å². The van der Waals surface area contributed by atoms with Crippen molar-refractivity contribution in [1.29, 1.82) is 0 Å². The van der Waals surface area contributed by atoms with Crippen molar-refractivity contribution in [3.63, 3.8) is 0 Å². The lowest BCUT2D eigenvalue weighted by atomic mass is 10.0. The van der Waals surface area contributed by atoms with Crippen LogP contribution in [0.5, 0.6) is 0 Å². The molecule has 0 aromatic carbocycles. The summed E-state index contributed by atoms with van der Waals surface area (Å²) in [6.07, 6.45) is 3.25. The normalized spacial score (nSPS) is 12.8. The Balaban J connectivity index is 2.50. The predicted molar refractivity (Wildman–Crippen MR) is 71.1 cm³/mol. The monoisotopic (exact) mass is 267 g/mol. The molecule has 1 atom stereocenters. The number of carbonyl (C=O) groups is 2. The van der Waals surface area contributed by atoms with Gasteiger partial charge in [0.05, 0.1) is 11.8 Å². The maximum Gasteiger partial charge on any atom is 0.407 e. The predicted octanol–water partition coefficient (Wildman–Crippen LogP) is 3.16. The van der Waals surface area contributed by atoms with Crippen LogP contribution in [0.15, 0.2) is 23.0 Å². The van der Waals surface area contributed by atoms with E-state index >= 15 is 0 Å². The Bertz CT molecular complexity index is 417. The van der Waals surface area contributed by atoms with Gasteiger partial charge in [-0.1, -0.05) is 6.92 Å².